The van der Waals surface area contributed by atoms with Gasteiger partial charge in [-0.1, -0.05) is 37.6 Å². The zero-order valence-electron chi connectivity index (χ0n) is 21.0. The van der Waals surface area contributed by atoms with Crippen LogP contribution in [-0.4, -0.2) is 40.7 Å². The quantitative estimate of drug-likeness (QED) is 0.197. The van der Waals surface area contributed by atoms with Gasteiger partial charge in [-0.3, -0.25) is 9.63 Å². The molecular weight excluding hydrogens is 438 g/mol. The van der Waals surface area contributed by atoms with Crippen molar-refractivity contribution in [3.05, 3.63) is 53.6 Å². The van der Waals surface area contributed by atoms with Crippen molar-refractivity contribution < 1.29 is 14.4 Å². The Balaban J connectivity index is 1.66. The molecule has 2 aliphatic rings. The topological polar surface area (TPSA) is 64.5 Å². The monoisotopic (exact) mass is 469 g/mol. The van der Waals surface area contributed by atoms with Crippen LogP contribution in [0.15, 0.2) is 42.5 Å². The molecule has 2 heterocycles. The smallest absolute Gasteiger partial charge is 0.277 e. The Hall–Kier alpha value is -3.25. The lowest BCUT2D eigenvalue weighted by Gasteiger charge is -2.49. The van der Waals surface area contributed by atoms with Gasteiger partial charge < -0.3 is 4.74 Å². The van der Waals surface area contributed by atoms with Crippen LogP contribution in [0, 0.1) is 11.8 Å². The molecule has 6 heteroatoms. The van der Waals surface area contributed by atoms with Gasteiger partial charge in [0.1, 0.15) is 11.4 Å². The third-order valence-corrected chi connectivity index (χ3v) is 8.14. The lowest BCUT2D eigenvalue weighted by atomic mass is 9.64. The molecule has 1 saturated carbocycles. The van der Waals surface area contributed by atoms with Crippen LogP contribution in [0.4, 0.5) is 0 Å². The van der Waals surface area contributed by atoms with Gasteiger partial charge in [-0.05, 0) is 56.7 Å². The minimum Gasteiger partial charge on any atom is -0.487 e. The summed E-state index contributed by atoms with van der Waals surface area (Å²) >= 11 is 0. The van der Waals surface area contributed by atoms with Crippen molar-refractivity contribution in [2.45, 2.75) is 51.6 Å². The highest BCUT2D eigenvalue weighted by Gasteiger charge is 2.47. The molecule has 4 aromatic rings. The van der Waals surface area contributed by atoms with Gasteiger partial charge in [0.2, 0.25) is 0 Å². The summed E-state index contributed by atoms with van der Waals surface area (Å²) in [6, 6.07) is 13.8. The molecular formula is C29H31N3O3. The van der Waals surface area contributed by atoms with Gasteiger partial charge in [0.25, 0.3) is 5.91 Å². The summed E-state index contributed by atoms with van der Waals surface area (Å²) in [7, 11) is 3.08. The van der Waals surface area contributed by atoms with E-state index in [9.17, 15) is 4.79 Å². The molecule has 1 aliphatic carbocycles. The van der Waals surface area contributed by atoms with Crippen LogP contribution in [0.1, 0.15) is 61.9 Å². The highest BCUT2D eigenvalue weighted by atomic mass is 16.7. The molecule has 1 amide bonds. The Labute approximate surface area is 205 Å². The van der Waals surface area contributed by atoms with E-state index < -0.39 is 0 Å². The SMILES string of the molecule is CON(C)C(=O)c1ccc2nc3c4c(c5ccccc5c3nc2c1)OC(C)(C)[C@H]1CC[C@H](C)C[C@H]41. The molecule has 0 saturated heterocycles. The molecule has 35 heavy (non-hydrogen) atoms. The van der Waals surface area contributed by atoms with Crippen molar-refractivity contribution in [2.24, 2.45) is 11.8 Å². The predicted octanol–water partition coefficient (Wildman–Crippen LogP) is 6.26. The van der Waals surface area contributed by atoms with Crippen molar-refractivity contribution in [3.8, 4) is 5.75 Å². The number of hydrogen-bond acceptors (Lipinski definition) is 5. The van der Waals surface area contributed by atoms with Crippen LogP contribution >= 0.6 is 0 Å². The van der Waals surface area contributed by atoms with E-state index in [2.05, 4.69) is 39.0 Å². The van der Waals surface area contributed by atoms with Gasteiger partial charge >= 0.3 is 0 Å². The first-order valence-electron chi connectivity index (χ1n) is 12.5. The average molecular weight is 470 g/mol. The van der Waals surface area contributed by atoms with Crippen LogP contribution in [0.25, 0.3) is 32.8 Å². The number of hydroxylamine groups is 2. The van der Waals surface area contributed by atoms with Crippen molar-refractivity contribution in [2.75, 3.05) is 14.2 Å². The predicted molar refractivity (Wildman–Crippen MR) is 138 cm³/mol. The van der Waals surface area contributed by atoms with E-state index in [0.717, 1.165) is 45.9 Å². The third kappa shape index (κ3) is 3.38. The van der Waals surface area contributed by atoms with E-state index in [-0.39, 0.29) is 11.5 Å². The van der Waals surface area contributed by atoms with Crippen molar-refractivity contribution in [1.29, 1.82) is 0 Å². The van der Waals surface area contributed by atoms with Crippen LogP contribution in [0.5, 0.6) is 5.75 Å². The van der Waals surface area contributed by atoms with Gasteiger partial charge in [-0.25, -0.2) is 15.0 Å². The van der Waals surface area contributed by atoms with Crippen LogP contribution in [-0.2, 0) is 4.84 Å². The maximum absolute atomic E-state index is 12.7. The Morgan fingerprint density at radius 2 is 1.80 bits per heavy atom. The second kappa shape index (κ2) is 7.89. The fourth-order valence-electron chi connectivity index (χ4n) is 6.29. The molecule has 3 atom stereocenters. The summed E-state index contributed by atoms with van der Waals surface area (Å²) in [6.45, 7) is 6.84. The highest BCUT2D eigenvalue weighted by Crippen LogP contribution is 2.56. The third-order valence-electron chi connectivity index (χ3n) is 8.14. The first-order chi connectivity index (χ1) is 16.8. The highest BCUT2D eigenvalue weighted by molar-refractivity contribution is 6.11. The van der Waals surface area contributed by atoms with Crippen LogP contribution in [0.3, 0.4) is 0 Å². The van der Waals surface area contributed by atoms with Gasteiger partial charge in [0, 0.05) is 34.9 Å². The minimum atomic E-state index is -0.235. The summed E-state index contributed by atoms with van der Waals surface area (Å²) in [4.78, 5) is 28.0. The summed E-state index contributed by atoms with van der Waals surface area (Å²) < 4.78 is 6.81. The second-order valence-electron chi connectivity index (χ2n) is 10.7. The summed E-state index contributed by atoms with van der Waals surface area (Å²) in [5.41, 5.74) is 4.77. The van der Waals surface area contributed by atoms with E-state index in [1.165, 1.54) is 24.2 Å². The molecule has 180 valence electrons. The van der Waals surface area contributed by atoms with Crippen molar-refractivity contribution in [3.63, 3.8) is 0 Å². The Bertz CT molecular complexity index is 1500. The first-order valence-corrected chi connectivity index (χ1v) is 12.5. The van der Waals surface area contributed by atoms with Gasteiger partial charge in [-0.2, -0.15) is 0 Å². The van der Waals surface area contributed by atoms with E-state index in [0.29, 0.717) is 28.8 Å². The number of rotatable bonds is 2. The van der Waals surface area contributed by atoms with Gasteiger partial charge in [0.05, 0.1) is 29.2 Å². The zero-order chi connectivity index (χ0) is 24.5. The molecule has 0 unspecified atom stereocenters. The lowest BCUT2D eigenvalue weighted by molar-refractivity contribution is -0.0756. The molecule has 6 rings (SSSR count). The van der Waals surface area contributed by atoms with E-state index in [1.54, 1.807) is 19.2 Å². The van der Waals surface area contributed by atoms with E-state index in [1.807, 2.05) is 12.1 Å². The van der Waals surface area contributed by atoms with Gasteiger partial charge in [-0.15, -0.1) is 0 Å². The zero-order valence-corrected chi connectivity index (χ0v) is 21.0. The lowest BCUT2D eigenvalue weighted by Crippen LogP contribution is -2.46. The number of aromatic nitrogens is 2. The number of hydrogen-bond donors (Lipinski definition) is 0. The molecule has 6 nitrogen and oxygen atoms in total. The van der Waals surface area contributed by atoms with Gasteiger partial charge in [0.15, 0.2) is 0 Å². The molecule has 3 aromatic carbocycles. The maximum atomic E-state index is 12.7. The standard InChI is InChI=1S/C29H31N3O3/c1-16-10-12-21-20(14-16)24-26-25(18-8-6-7-9-19(18)27(24)35-29(21,2)3)31-23-15-17(11-13-22(23)30-26)28(33)32(4)34-5/h6-9,11,13,15-16,20-21H,10,12,14H2,1-5H3/t16-,20-,21-/m0/s1. The number of carbonyl (C=O) groups excluding carboxylic acids is 1. The Kier molecular flexibility index (Phi) is 5.01. The number of nitrogens with zero attached hydrogens (tertiary/aromatic N) is 3. The number of benzene rings is 3. The molecule has 0 radical (unpaired) electrons. The molecule has 0 spiro atoms. The van der Waals surface area contributed by atoms with Crippen LogP contribution < -0.4 is 4.74 Å². The minimum absolute atomic E-state index is 0.221. The molecule has 0 N–H and O–H groups in total. The molecule has 1 aromatic heterocycles. The number of ether oxygens (including phenoxy) is 1. The number of amides is 1. The van der Waals surface area contributed by atoms with Crippen molar-refractivity contribution in [1.82, 2.24) is 15.0 Å². The molecule has 1 aliphatic heterocycles. The number of fused-ring (bicyclic) bond motifs is 9. The van der Waals surface area contributed by atoms with E-state index in [4.69, 9.17) is 19.5 Å². The molecule has 0 bridgehead atoms. The maximum Gasteiger partial charge on any atom is 0.277 e. The van der Waals surface area contributed by atoms with E-state index >= 15 is 0 Å². The summed E-state index contributed by atoms with van der Waals surface area (Å²) in [5.74, 6) is 2.24. The normalized spacial score (nSPS) is 23.1. The largest absolute Gasteiger partial charge is 0.487 e. The fourth-order valence-corrected chi connectivity index (χ4v) is 6.29. The fraction of sp³-hybridized carbons (Fsp3) is 0.414. The summed E-state index contributed by atoms with van der Waals surface area (Å²) in [6.07, 6.45) is 3.52. The molecule has 1 fully saturated rings. The van der Waals surface area contributed by atoms with Crippen LogP contribution in [0.2, 0.25) is 0 Å². The summed E-state index contributed by atoms with van der Waals surface area (Å²) in [5, 5.41) is 3.32. The van der Waals surface area contributed by atoms with Crippen molar-refractivity contribution >= 4 is 38.7 Å². The number of carbonyl (C=O) groups is 1. The Morgan fingerprint density at radius 3 is 2.57 bits per heavy atom. The first kappa shape index (κ1) is 22.2. The average Bonchev–Trinajstić information content (AvgIpc) is 2.86. The second-order valence-corrected chi connectivity index (χ2v) is 10.7. The Morgan fingerprint density at radius 1 is 1.06 bits per heavy atom.